The molecule has 1 aliphatic rings. The van der Waals surface area contributed by atoms with Crippen molar-refractivity contribution in [3.8, 4) is 11.5 Å². The molecule has 0 aliphatic carbocycles. The monoisotopic (exact) mass is 451 g/mol. The van der Waals surface area contributed by atoms with E-state index in [-0.39, 0.29) is 10.8 Å². The number of piperidine rings is 1. The van der Waals surface area contributed by atoms with E-state index in [2.05, 4.69) is 17.2 Å². The van der Waals surface area contributed by atoms with Crippen molar-refractivity contribution in [3.63, 3.8) is 0 Å². The van der Waals surface area contributed by atoms with Crippen LogP contribution in [0.25, 0.3) is 0 Å². The van der Waals surface area contributed by atoms with Crippen LogP contribution in [0.1, 0.15) is 30.1 Å². The Morgan fingerprint density at radius 3 is 2.31 bits per heavy atom. The molecule has 0 saturated carbocycles. The van der Waals surface area contributed by atoms with Crippen molar-refractivity contribution in [2.75, 3.05) is 18.4 Å². The fourth-order valence-corrected chi connectivity index (χ4v) is 4.98. The minimum absolute atomic E-state index is 0.238. The second-order valence-electron chi connectivity index (χ2n) is 7.88. The molecule has 1 saturated heterocycles. The second kappa shape index (κ2) is 9.50. The molecule has 0 bridgehead atoms. The van der Waals surface area contributed by atoms with Gasteiger partial charge in [0.1, 0.15) is 11.5 Å². The SMILES string of the molecule is CC1CCN(S(=O)(=O)c2ccc(NC(=O)c3ccc(Oc4cccnc4)cc3)cc2)CC1. The third-order valence-corrected chi connectivity index (χ3v) is 7.39. The van der Waals surface area contributed by atoms with Crippen molar-refractivity contribution in [2.24, 2.45) is 5.92 Å². The molecule has 7 nitrogen and oxygen atoms in total. The van der Waals surface area contributed by atoms with Crippen molar-refractivity contribution in [3.05, 3.63) is 78.6 Å². The molecule has 2 aromatic carbocycles. The number of aromatic nitrogens is 1. The number of hydrogen-bond donors (Lipinski definition) is 1. The maximum absolute atomic E-state index is 12.8. The zero-order valence-corrected chi connectivity index (χ0v) is 18.6. The average Bonchev–Trinajstić information content (AvgIpc) is 2.81. The van der Waals surface area contributed by atoms with Crippen molar-refractivity contribution in [2.45, 2.75) is 24.7 Å². The van der Waals surface area contributed by atoms with Crippen molar-refractivity contribution < 1.29 is 17.9 Å². The van der Waals surface area contributed by atoms with E-state index in [0.717, 1.165) is 12.8 Å². The summed E-state index contributed by atoms with van der Waals surface area (Å²) in [6.07, 6.45) is 5.02. The normalized spacial score (nSPS) is 15.3. The molecule has 2 heterocycles. The van der Waals surface area contributed by atoms with Crippen molar-refractivity contribution >= 4 is 21.6 Å². The maximum atomic E-state index is 12.8. The Kier molecular flexibility index (Phi) is 6.53. The van der Waals surface area contributed by atoms with E-state index in [0.29, 0.717) is 41.8 Å². The zero-order chi connectivity index (χ0) is 22.6. The van der Waals surface area contributed by atoms with Crippen molar-refractivity contribution in [1.29, 1.82) is 0 Å². The highest BCUT2D eigenvalue weighted by atomic mass is 32.2. The predicted octanol–water partition coefficient (Wildman–Crippen LogP) is 4.55. The van der Waals surface area contributed by atoms with Crippen LogP contribution in [0, 0.1) is 5.92 Å². The summed E-state index contributed by atoms with van der Waals surface area (Å²) >= 11 is 0. The largest absolute Gasteiger partial charge is 0.456 e. The number of carbonyl (C=O) groups is 1. The number of hydrogen-bond acceptors (Lipinski definition) is 5. The molecule has 1 fully saturated rings. The van der Waals surface area contributed by atoms with Gasteiger partial charge in [-0.2, -0.15) is 4.31 Å². The van der Waals surface area contributed by atoms with E-state index in [1.807, 2.05) is 0 Å². The topological polar surface area (TPSA) is 88.6 Å². The molecule has 0 atom stereocenters. The van der Waals surface area contributed by atoms with Gasteiger partial charge in [0.2, 0.25) is 10.0 Å². The van der Waals surface area contributed by atoms with Crippen LogP contribution in [0.4, 0.5) is 5.69 Å². The van der Waals surface area contributed by atoms with Gasteiger partial charge in [-0.05, 0) is 79.4 Å². The molecule has 8 heteroatoms. The standard InChI is InChI=1S/C24H25N3O4S/c1-18-12-15-27(16-13-18)32(29,30)23-10-6-20(7-11-23)26-24(28)19-4-8-21(9-5-19)31-22-3-2-14-25-17-22/h2-11,14,17-18H,12-13,15-16H2,1H3,(H,26,28). The summed E-state index contributed by atoms with van der Waals surface area (Å²) in [5.74, 6) is 1.46. The van der Waals surface area contributed by atoms with E-state index in [1.54, 1.807) is 60.9 Å². The molecule has 1 aliphatic heterocycles. The van der Waals surface area contributed by atoms with Crippen LogP contribution in [-0.4, -0.2) is 36.7 Å². The zero-order valence-electron chi connectivity index (χ0n) is 17.8. The maximum Gasteiger partial charge on any atom is 0.255 e. The van der Waals surface area contributed by atoms with Crippen LogP contribution < -0.4 is 10.1 Å². The first-order valence-electron chi connectivity index (χ1n) is 10.5. The summed E-state index contributed by atoms with van der Waals surface area (Å²) in [5, 5.41) is 2.79. The molecular weight excluding hydrogens is 426 g/mol. The molecule has 1 amide bonds. The number of ether oxygens (including phenoxy) is 1. The molecular formula is C24H25N3O4S. The predicted molar refractivity (Wildman–Crippen MR) is 122 cm³/mol. The lowest BCUT2D eigenvalue weighted by Crippen LogP contribution is -2.37. The van der Waals surface area contributed by atoms with Crippen LogP contribution in [0.15, 0.2) is 78.0 Å². The Morgan fingerprint density at radius 2 is 1.69 bits per heavy atom. The Labute approximate surface area is 188 Å². The van der Waals surface area contributed by atoms with Gasteiger partial charge in [-0.3, -0.25) is 9.78 Å². The number of sulfonamides is 1. The van der Waals surface area contributed by atoms with Crippen molar-refractivity contribution in [1.82, 2.24) is 9.29 Å². The van der Waals surface area contributed by atoms with Crippen LogP contribution in [0.3, 0.4) is 0 Å². The summed E-state index contributed by atoms with van der Waals surface area (Å²) in [4.78, 5) is 16.8. The summed E-state index contributed by atoms with van der Waals surface area (Å²) in [5.41, 5.74) is 0.986. The number of amides is 1. The van der Waals surface area contributed by atoms with Gasteiger partial charge in [-0.25, -0.2) is 8.42 Å². The summed E-state index contributed by atoms with van der Waals surface area (Å²) < 4.78 is 32.9. The molecule has 32 heavy (non-hydrogen) atoms. The minimum Gasteiger partial charge on any atom is -0.456 e. The Bertz CT molecular complexity index is 1160. The van der Waals surface area contributed by atoms with Crippen LogP contribution in [0.2, 0.25) is 0 Å². The smallest absolute Gasteiger partial charge is 0.255 e. The summed E-state index contributed by atoms with van der Waals surface area (Å²) in [6, 6.07) is 16.6. The lowest BCUT2D eigenvalue weighted by atomic mass is 10.0. The van der Waals surface area contributed by atoms with Gasteiger partial charge in [-0.15, -0.1) is 0 Å². The summed E-state index contributed by atoms with van der Waals surface area (Å²) in [6.45, 7) is 3.23. The lowest BCUT2D eigenvalue weighted by molar-refractivity contribution is 0.102. The lowest BCUT2D eigenvalue weighted by Gasteiger charge is -2.29. The van der Waals surface area contributed by atoms with E-state index < -0.39 is 10.0 Å². The van der Waals surface area contributed by atoms with E-state index in [9.17, 15) is 13.2 Å². The molecule has 4 rings (SSSR count). The van der Waals surface area contributed by atoms with Gasteiger partial charge in [0.25, 0.3) is 5.91 Å². The van der Waals surface area contributed by atoms with Gasteiger partial charge in [0.05, 0.1) is 11.1 Å². The number of nitrogens with zero attached hydrogens (tertiary/aromatic N) is 2. The molecule has 1 aromatic heterocycles. The number of pyridine rings is 1. The number of nitrogens with one attached hydrogen (secondary N) is 1. The quantitative estimate of drug-likeness (QED) is 0.594. The molecule has 0 unspecified atom stereocenters. The molecule has 0 radical (unpaired) electrons. The third-order valence-electron chi connectivity index (χ3n) is 5.48. The molecule has 1 N–H and O–H groups in total. The number of rotatable bonds is 6. The van der Waals surface area contributed by atoms with Gasteiger partial charge in [-0.1, -0.05) is 6.92 Å². The summed E-state index contributed by atoms with van der Waals surface area (Å²) in [7, 11) is -3.51. The Balaban J connectivity index is 1.38. The van der Waals surface area contributed by atoms with Crippen LogP contribution >= 0.6 is 0 Å². The van der Waals surface area contributed by atoms with Crippen LogP contribution in [0.5, 0.6) is 11.5 Å². The van der Waals surface area contributed by atoms with Crippen LogP contribution in [-0.2, 0) is 10.0 Å². The fourth-order valence-electron chi connectivity index (χ4n) is 3.51. The molecule has 3 aromatic rings. The number of anilines is 1. The van der Waals surface area contributed by atoms with E-state index in [4.69, 9.17) is 4.74 Å². The Hall–Kier alpha value is -3.23. The highest BCUT2D eigenvalue weighted by Gasteiger charge is 2.27. The number of benzene rings is 2. The first kappa shape index (κ1) is 22.0. The van der Waals surface area contributed by atoms with E-state index in [1.165, 1.54) is 16.4 Å². The first-order chi connectivity index (χ1) is 15.4. The number of carbonyl (C=O) groups excluding carboxylic acids is 1. The third kappa shape index (κ3) is 5.15. The van der Waals surface area contributed by atoms with E-state index >= 15 is 0 Å². The van der Waals surface area contributed by atoms with Gasteiger partial charge >= 0.3 is 0 Å². The highest BCUT2D eigenvalue weighted by molar-refractivity contribution is 7.89. The van der Waals surface area contributed by atoms with Gasteiger partial charge in [0, 0.05) is 30.5 Å². The fraction of sp³-hybridized carbons (Fsp3) is 0.250. The van der Waals surface area contributed by atoms with Gasteiger partial charge < -0.3 is 10.1 Å². The highest BCUT2D eigenvalue weighted by Crippen LogP contribution is 2.25. The Morgan fingerprint density at radius 1 is 1.00 bits per heavy atom. The molecule has 0 spiro atoms. The average molecular weight is 452 g/mol. The second-order valence-corrected chi connectivity index (χ2v) is 9.82. The van der Waals surface area contributed by atoms with Gasteiger partial charge in [0.15, 0.2) is 0 Å². The first-order valence-corrected chi connectivity index (χ1v) is 12.0. The minimum atomic E-state index is -3.51. The molecule has 166 valence electrons.